The van der Waals surface area contributed by atoms with Crippen LogP contribution in [0, 0.1) is 24.6 Å². The number of imide groups is 1. The molecule has 2 atom stereocenters. The van der Waals surface area contributed by atoms with Gasteiger partial charge in [0, 0.05) is 5.69 Å². The summed E-state index contributed by atoms with van der Waals surface area (Å²) in [5, 5.41) is 0. The number of amides is 2. The zero-order chi connectivity index (χ0) is 21.5. The summed E-state index contributed by atoms with van der Waals surface area (Å²) in [5.41, 5.74) is 1.34. The summed E-state index contributed by atoms with van der Waals surface area (Å²) < 4.78 is 41.3. The first-order valence-electron chi connectivity index (χ1n) is 9.99. The summed E-state index contributed by atoms with van der Waals surface area (Å²) in [6, 6.07) is 9.91. The van der Waals surface area contributed by atoms with Gasteiger partial charge >= 0.3 is 0 Å². The van der Waals surface area contributed by atoms with Crippen LogP contribution in [0.15, 0.2) is 47.4 Å². The van der Waals surface area contributed by atoms with Crippen LogP contribution in [0.4, 0.5) is 10.1 Å². The molecule has 1 saturated heterocycles. The van der Waals surface area contributed by atoms with E-state index in [1.165, 1.54) is 35.2 Å². The van der Waals surface area contributed by atoms with Gasteiger partial charge in [0.15, 0.2) is 0 Å². The minimum Gasteiger partial charge on any atom is -0.280 e. The zero-order valence-electron chi connectivity index (χ0n) is 16.6. The number of fused-ring (bicyclic) bond motifs is 1. The molecule has 2 fully saturated rings. The van der Waals surface area contributed by atoms with Crippen LogP contribution in [0.3, 0.4) is 0 Å². The number of likely N-dealkylation sites (tertiary alicyclic amines) is 1. The fraction of sp³-hybridized carbons (Fsp3) is 0.364. The number of sulfonamides is 1. The van der Waals surface area contributed by atoms with Gasteiger partial charge < -0.3 is 0 Å². The molecular formula is C22H23FN2O4S. The minimum absolute atomic E-state index is 0.0563. The molecule has 0 aromatic heterocycles. The Labute approximate surface area is 175 Å². The van der Waals surface area contributed by atoms with Gasteiger partial charge in [0.25, 0.3) is 10.0 Å². The third kappa shape index (κ3) is 3.84. The highest BCUT2D eigenvalue weighted by Gasteiger charge is 2.47. The van der Waals surface area contributed by atoms with Crippen molar-refractivity contribution < 1.29 is 22.4 Å². The third-order valence-electron chi connectivity index (χ3n) is 5.91. The van der Waals surface area contributed by atoms with E-state index >= 15 is 0 Å². The van der Waals surface area contributed by atoms with Gasteiger partial charge in [-0.15, -0.1) is 0 Å². The fourth-order valence-corrected chi connectivity index (χ4v) is 5.68. The number of nitrogens with zero attached hydrogens (tertiary/aromatic N) is 1. The van der Waals surface area contributed by atoms with Crippen LogP contribution < -0.4 is 4.72 Å². The number of hydrogen-bond donors (Lipinski definition) is 1. The van der Waals surface area contributed by atoms with E-state index in [1.54, 1.807) is 19.1 Å². The van der Waals surface area contributed by atoms with Crippen LogP contribution in [0.5, 0.6) is 0 Å². The standard InChI is InChI=1S/C22H23FN2O4S/c1-14-6-7-15(13-25-21(26)18-4-2-3-5-19(18)22(25)27)12-20(14)30(28,29)24-17-10-8-16(23)9-11-17/h6-12,18-19,24H,2-5,13H2,1H3/t18-,19-/m1/s1. The van der Waals surface area contributed by atoms with Crippen LogP contribution in [0.25, 0.3) is 0 Å². The second kappa shape index (κ2) is 7.83. The highest BCUT2D eigenvalue weighted by atomic mass is 32.2. The lowest BCUT2D eigenvalue weighted by Gasteiger charge is -2.19. The molecule has 1 saturated carbocycles. The molecule has 2 aliphatic rings. The highest BCUT2D eigenvalue weighted by Crippen LogP contribution is 2.38. The number of halogens is 1. The monoisotopic (exact) mass is 430 g/mol. The number of carbonyl (C=O) groups is 2. The van der Waals surface area contributed by atoms with Crippen molar-refractivity contribution in [2.24, 2.45) is 11.8 Å². The number of nitrogens with one attached hydrogen (secondary N) is 1. The van der Waals surface area contributed by atoms with Crippen molar-refractivity contribution in [1.82, 2.24) is 4.90 Å². The molecule has 8 heteroatoms. The van der Waals surface area contributed by atoms with Gasteiger partial charge in [0.05, 0.1) is 23.3 Å². The maximum atomic E-state index is 13.1. The summed E-state index contributed by atoms with van der Waals surface area (Å²) >= 11 is 0. The van der Waals surface area contributed by atoms with Crippen molar-refractivity contribution in [3.05, 3.63) is 59.4 Å². The molecule has 158 valence electrons. The Bertz CT molecular complexity index is 1070. The fourth-order valence-electron chi connectivity index (χ4n) is 4.33. The molecule has 0 unspecified atom stereocenters. The van der Waals surface area contributed by atoms with Crippen molar-refractivity contribution >= 4 is 27.5 Å². The van der Waals surface area contributed by atoms with Gasteiger partial charge in [0.2, 0.25) is 11.8 Å². The number of rotatable bonds is 5. The molecule has 1 N–H and O–H groups in total. The molecule has 2 aromatic rings. The Hall–Kier alpha value is -2.74. The first kappa shape index (κ1) is 20.5. The topological polar surface area (TPSA) is 83.6 Å². The first-order valence-corrected chi connectivity index (χ1v) is 11.5. The Morgan fingerprint density at radius 1 is 1.00 bits per heavy atom. The Morgan fingerprint density at radius 2 is 1.60 bits per heavy atom. The van der Waals surface area contributed by atoms with Crippen LogP contribution in [-0.4, -0.2) is 25.1 Å². The average molecular weight is 431 g/mol. The van der Waals surface area contributed by atoms with Crippen molar-refractivity contribution in [3.8, 4) is 0 Å². The van der Waals surface area contributed by atoms with Gasteiger partial charge in [-0.2, -0.15) is 0 Å². The largest absolute Gasteiger partial charge is 0.280 e. The predicted octanol–water partition coefficient (Wildman–Crippen LogP) is 3.61. The molecule has 1 aliphatic carbocycles. The maximum absolute atomic E-state index is 13.1. The smallest absolute Gasteiger partial charge is 0.262 e. The molecule has 1 aliphatic heterocycles. The van der Waals surface area contributed by atoms with E-state index in [0.29, 0.717) is 11.1 Å². The van der Waals surface area contributed by atoms with E-state index in [4.69, 9.17) is 0 Å². The molecule has 0 bridgehead atoms. The number of aryl methyl sites for hydroxylation is 1. The lowest BCUT2D eigenvalue weighted by atomic mass is 9.81. The highest BCUT2D eigenvalue weighted by molar-refractivity contribution is 7.92. The van der Waals surface area contributed by atoms with Gasteiger partial charge in [-0.05, 0) is 61.2 Å². The molecule has 30 heavy (non-hydrogen) atoms. The average Bonchev–Trinajstić information content (AvgIpc) is 2.96. The van der Waals surface area contributed by atoms with E-state index in [2.05, 4.69) is 4.72 Å². The summed E-state index contributed by atoms with van der Waals surface area (Å²) in [7, 11) is -3.92. The van der Waals surface area contributed by atoms with Crippen molar-refractivity contribution in [2.75, 3.05) is 4.72 Å². The molecule has 2 amide bonds. The Balaban J connectivity index is 1.58. The van der Waals surface area contributed by atoms with E-state index < -0.39 is 15.8 Å². The van der Waals surface area contributed by atoms with Gasteiger partial charge in [-0.3, -0.25) is 19.2 Å². The predicted molar refractivity (Wildman–Crippen MR) is 109 cm³/mol. The lowest BCUT2D eigenvalue weighted by Crippen LogP contribution is -2.30. The number of benzene rings is 2. The number of anilines is 1. The zero-order valence-corrected chi connectivity index (χ0v) is 17.4. The van der Waals surface area contributed by atoms with Gasteiger partial charge in [-0.25, -0.2) is 12.8 Å². The van der Waals surface area contributed by atoms with Crippen LogP contribution in [0.2, 0.25) is 0 Å². The van der Waals surface area contributed by atoms with Crippen molar-refractivity contribution in [3.63, 3.8) is 0 Å². The van der Waals surface area contributed by atoms with Crippen molar-refractivity contribution in [1.29, 1.82) is 0 Å². The van der Waals surface area contributed by atoms with E-state index in [-0.39, 0.29) is 40.8 Å². The second-order valence-electron chi connectivity index (χ2n) is 7.97. The maximum Gasteiger partial charge on any atom is 0.262 e. The molecular weight excluding hydrogens is 407 g/mol. The first-order chi connectivity index (χ1) is 14.3. The van der Waals surface area contributed by atoms with Crippen LogP contribution in [-0.2, 0) is 26.2 Å². The van der Waals surface area contributed by atoms with Gasteiger partial charge in [0.1, 0.15) is 5.82 Å². The second-order valence-corrected chi connectivity index (χ2v) is 9.62. The van der Waals surface area contributed by atoms with Crippen LogP contribution >= 0.6 is 0 Å². The minimum atomic E-state index is -3.92. The summed E-state index contributed by atoms with van der Waals surface area (Å²) in [4.78, 5) is 26.8. The summed E-state index contributed by atoms with van der Waals surface area (Å²) in [6.45, 7) is 1.73. The SMILES string of the molecule is Cc1ccc(CN2C(=O)[C@@H]3CCCC[C@H]3C2=O)cc1S(=O)(=O)Nc1ccc(F)cc1. The molecule has 2 aromatic carbocycles. The lowest BCUT2D eigenvalue weighted by molar-refractivity contribution is -0.140. The van der Waals surface area contributed by atoms with E-state index in [0.717, 1.165) is 25.7 Å². The van der Waals surface area contributed by atoms with Crippen LogP contribution in [0.1, 0.15) is 36.8 Å². The summed E-state index contributed by atoms with van der Waals surface area (Å²) in [6.07, 6.45) is 3.38. The molecule has 0 radical (unpaired) electrons. The Morgan fingerprint density at radius 3 is 2.20 bits per heavy atom. The molecule has 1 heterocycles. The Kier molecular flexibility index (Phi) is 5.36. The third-order valence-corrected chi connectivity index (χ3v) is 7.43. The van der Waals surface area contributed by atoms with Crippen molar-refractivity contribution in [2.45, 2.75) is 44.0 Å². The van der Waals surface area contributed by atoms with Gasteiger partial charge in [-0.1, -0.05) is 25.0 Å². The number of carbonyl (C=O) groups excluding carboxylic acids is 2. The quantitative estimate of drug-likeness (QED) is 0.735. The van der Waals surface area contributed by atoms with E-state index in [1.807, 2.05) is 0 Å². The molecule has 6 nitrogen and oxygen atoms in total. The normalized spacial score (nSPS) is 21.6. The number of hydrogen-bond acceptors (Lipinski definition) is 4. The molecule has 4 rings (SSSR count). The summed E-state index contributed by atoms with van der Waals surface area (Å²) in [5.74, 6) is -1.24. The molecule has 0 spiro atoms. The van der Waals surface area contributed by atoms with E-state index in [9.17, 15) is 22.4 Å².